The molecule has 2 rings (SSSR count). The van der Waals surface area contributed by atoms with Gasteiger partial charge in [-0.2, -0.15) is 0 Å². The first kappa shape index (κ1) is 15.1. The molecule has 1 aromatic rings. The molecule has 110 valence electrons. The van der Waals surface area contributed by atoms with Crippen molar-refractivity contribution in [3.05, 3.63) is 29.3 Å². The largest absolute Gasteiger partial charge is 0.507 e. The first-order valence-corrected chi connectivity index (χ1v) is 7.75. The number of hydrogen-bond acceptors (Lipinski definition) is 2. The standard InChI is InChI=1S/C18H27NO/c1-13-8-5-6-11-16(13)19-12-14-9-7-10-15(17(14)20)18(2,3)4/h7,9-10,12-13,16,20H,5-6,8,11H2,1-4H3. The van der Waals surface area contributed by atoms with Crippen LogP contribution in [-0.4, -0.2) is 17.4 Å². The van der Waals surface area contributed by atoms with E-state index in [1.54, 1.807) is 0 Å². The summed E-state index contributed by atoms with van der Waals surface area (Å²) < 4.78 is 0. The summed E-state index contributed by atoms with van der Waals surface area (Å²) in [6, 6.07) is 6.37. The third kappa shape index (κ3) is 3.41. The lowest BCUT2D eigenvalue weighted by atomic mass is 9.85. The van der Waals surface area contributed by atoms with E-state index >= 15 is 0 Å². The van der Waals surface area contributed by atoms with Crippen molar-refractivity contribution in [3.8, 4) is 5.75 Å². The van der Waals surface area contributed by atoms with Crippen LogP contribution in [0.1, 0.15) is 64.5 Å². The van der Waals surface area contributed by atoms with Crippen LogP contribution in [0.4, 0.5) is 0 Å². The Bertz CT molecular complexity index is 485. The average Bonchev–Trinajstić information content (AvgIpc) is 2.38. The molecule has 1 aliphatic carbocycles. The smallest absolute Gasteiger partial charge is 0.128 e. The normalized spacial score (nSPS) is 24.2. The van der Waals surface area contributed by atoms with Gasteiger partial charge in [0.15, 0.2) is 0 Å². The molecule has 2 unspecified atom stereocenters. The molecule has 0 spiro atoms. The predicted octanol–water partition coefficient (Wildman–Crippen LogP) is 4.69. The maximum atomic E-state index is 10.4. The molecule has 1 aliphatic rings. The van der Waals surface area contributed by atoms with Crippen molar-refractivity contribution >= 4 is 6.21 Å². The van der Waals surface area contributed by atoms with Crippen LogP contribution in [-0.2, 0) is 5.41 Å². The molecule has 2 atom stereocenters. The summed E-state index contributed by atoms with van der Waals surface area (Å²) >= 11 is 0. The topological polar surface area (TPSA) is 32.6 Å². The van der Waals surface area contributed by atoms with Crippen LogP contribution in [0.3, 0.4) is 0 Å². The van der Waals surface area contributed by atoms with Gasteiger partial charge in [0.2, 0.25) is 0 Å². The summed E-state index contributed by atoms with van der Waals surface area (Å²) in [5.74, 6) is 1.04. The van der Waals surface area contributed by atoms with Crippen LogP contribution in [0.2, 0.25) is 0 Å². The quantitative estimate of drug-likeness (QED) is 0.779. The lowest BCUT2D eigenvalue weighted by Crippen LogP contribution is -2.20. The van der Waals surface area contributed by atoms with Crippen LogP contribution in [0, 0.1) is 5.92 Å². The van der Waals surface area contributed by atoms with Crippen LogP contribution in [0.15, 0.2) is 23.2 Å². The summed E-state index contributed by atoms with van der Waals surface area (Å²) in [5, 5.41) is 10.4. The van der Waals surface area contributed by atoms with Gasteiger partial charge in [-0.05, 0) is 35.8 Å². The molecule has 0 bridgehead atoms. The summed E-state index contributed by atoms with van der Waals surface area (Å²) in [7, 11) is 0. The van der Waals surface area contributed by atoms with Gasteiger partial charge in [-0.1, -0.05) is 52.7 Å². The highest BCUT2D eigenvalue weighted by molar-refractivity contribution is 5.84. The van der Waals surface area contributed by atoms with Gasteiger partial charge in [0.25, 0.3) is 0 Å². The minimum Gasteiger partial charge on any atom is -0.507 e. The third-order valence-corrected chi connectivity index (χ3v) is 4.35. The minimum absolute atomic E-state index is 0.0495. The predicted molar refractivity (Wildman–Crippen MR) is 85.8 cm³/mol. The van der Waals surface area contributed by atoms with Crippen molar-refractivity contribution in [1.29, 1.82) is 0 Å². The van der Waals surface area contributed by atoms with Crippen molar-refractivity contribution in [1.82, 2.24) is 0 Å². The fraction of sp³-hybridized carbons (Fsp3) is 0.611. The number of aliphatic imine (C=N–C) groups is 1. The molecule has 2 nitrogen and oxygen atoms in total. The van der Waals surface area contributed by atoms with E-state index in [-0.39, 0.29) is 5.41 Å². The zero-order valence-electron chi connectivity index (χ0n) is 13.2. The molecule has 0 aromatic heterocycles. The molecular weight excluding hydrogens is 246 g/mol. The van der Waals surface area contributed by atoms with E-state index in [1.807, 2.05) is 24.4 Å². The van der Waals surface area contributed by atoms with E-state index < -0.39 is 0 Å². The second kappa shape index (κ2) is 5.99. The highest BCUT2D eigenvalue weighted by Gasteiger charge is 2.21. The lowest BCUT2D eigenvalue weighted by Gasteiger charge is -2.25. The Morgan fingerprint density at radius 3 is 2.55 bits per heavy atom. The molecule has 0 amide bonds. The van der Waals surface area contributed by atoms with Gasteiger partial charge in [-0.25, -0.2) is 0 Å². The molecule has 20 heavy (non-hydrogen) atoms. The van der Waals surface area contributed by atoms with E-state index in [4.69, 9.17) is 4.99 Å². The van der Waals surface area contributed by atoms with E-state index in [0.717, 1.165) is 11.1 Å². The second-order valence-corrected chi connectivity index (χ2v) is 7.10. The maximum Gasteiger partial charge on any atom is 0.128 e. The van der Waals surface area contributed by atoms with Crippen molar-refractivity contribution in [2.75, 3.05) is 0 Å². The van der Waals surface area contributed by atoms with Gasteiger partial charge in [-0.15, -0.1) is 0 Å². The van der Waals surface area contributed by atoms with E-state index in [1.165, 1.54) is 25.7 Å². The molecule has 2 heteroatoms. The Hall–Kier alpha value is -1.31. The zero-order chi connectivity index (χ0) is 14.8. The van der Waals surface area contributed by atoms with Crippen molar-refractivity contribution in [2.24, 2.45) is 10.9 Å². The molecule has 1 fully saturated rings. The number of benzene rings is 1. The summed E-state index contributed by atoms with van der Waals surface area (Å²) in [6.45, 7) is 8.64. The molecular formula is C18H27NO. The highest BCUT2D eigenvalue weighted by atomic mass is 16.3. The molecule has 1 aromatic carbocycles. The van der Waals surface area contributed by atoms with Crippen LogP contribution in [0.5, 0.6) is 5.75 Å². The Balaban J connectivity index is 2.21. The van der Waals surface area contributed by atoms with Crippen molar-refractivity contribution in [3.63, 3.8) is 0 Å². The Kier molecular flexibility index (Phi) is 4.52. The van der Waals surface area contributed by atoms with E-state index in [0.29, 0.717) is 17.7 Å². The molecule has 0 aliphatic heterocycles. The SMILES string of the molecule is CC1CCCCC1N=Cc1cccc(C(C)(C)C)c1O. The van der Waals surface area contributed by atoms with Gasteiger partial charge in [0, 0.05) is 11.8 Å². The summed E-state index contributed by atoms with van der Waals surface area (Å²) in [5.41, 5.74) is 1.78. The Labute approximate surface area is 122 Å². The maximum absolute atomic E-state index is 10.4. The van der Waals surface area contributed by atoms with Gasteiger partial charge in [0.1, 0.15) is 5.75 Å². The van der Waals surface area contributed by atoms with Gasteiger partial charge >= 0.3 is 0 Å². The van der Waals surface area contributed by atoms with Crippen molar-refractivity contribution < 1.29 is 5.11 Å². The van der Waals surface area contributed by atoms with Gasteiger partial charge in [-0.3, -0.25) is 4.99 Å². The molecule has 0 radical (unpaired) electrons. The first-order valence-electron chi connectivity index (χ1n) is 7.75. The lowest BCUT2D eigenvalue weighted by molar-refractivity contribution is 0.333. The number of para-hydroxylation sites is 1. The fourth-order valence-electron chi connectivity index (χ4n) is 2.96. The first-order chi connectivity index (χ1) is 9.39. The fourth-order valence-corrected chi connectivity index (χ4v) is 2.96. The van der Waals surface area contributed by atoms with Gasteiger partial charge in [0.05, 0.1) is 6.04 Å². The number of hydrogen-bond donors (Lipinski definition) is 1. The van der Waals surface area contributed by atoms with Crippen molar-refractivity contribution in [2.45, 2.75) is 64.8 Å². The number of aromatic hydroxyl groups is 1. The molecule has 1 saturated carbocycles. The van der Waals surface area contributed by atoms with Crippen LogP contribution >= 0.6 is 0 Å². The van der Waals surface area contributed by atoms with Gasteiger partial charge < -0.3 is 5.11 Å². The number of rotatable bonds is 2. The summed E-state index contributed by atoms with van der Waals surface area (Å²) in [4.78, 5) is 4.73. The monoisotopic (exact) mass is 273 g/mol. The number of nitrogens with zero attached hydrogens (tertiary/aromatic N) is 1. The minimum atomic E-state index is -0.0495. The summed E-state index contributed by atoms with van der Waals surface area (Å²) in [6.07, 6.45) is 6.93. The van der Waals surface area contributed by atoms with Crippen LogP contribution < -0.4 is 0 Å². The third-order valence-electron chi connectivity index (χ3n) is 4.35. The van der Waals surface area contributed by atoms with Crippen LogP contribution in [0.25, 0.3) is 0 Å². The molecule has 0 heterocycles. The Morgan fingerprint density at radius 1 is 1.20 bits per heavy atom. The number of phenolic OH excluding ortho intramolecular Hbond substituents is 1. The van der Waals surface area contributed by atoms with E-state index in [2.05, 4.69) is 27.7 Å². The molecule has 0 saturated heterocycles. The number of phenols is 1. The molecule has 1 N–H and O–H groups in total. The average molecular weight is 273 g/mol. The second-order valence-electron chi connectivity index (χ2n) is 7.10. The Morgan fingerprint density at radius 2 is 1.90 bits per heavy atom. The van der Waals surface area contributed by atoms with E-state index in [9.17, 15) is 5.11 Å². The zero-order valence-corrected chi connectivity index (χ0v) is 13.2. The highest BCUT2D eigenvalue weighted by Crippen LogP contribution is 2.33.